The summed E-state index contributed by atoms with van der Waals surface area (Å²) in [6.45, 7) is 2.40. The van der Waals surface area contributed by atoms with Gasteiger partial charge in [-0.25, -0.2) is 0 Å². The van der Waals surface area contributed by atoms with Gasteiger partial charge in [0.15, 0.2) is 0 Å². The molecular formula is C17H16NO4-. The molecule has 4 rings (SSSR count). The van der Waals surface area contributed by atoms with Gasteiger partial charge in [-0.3, -0.25) is 4.79 Å². The molecule has 3 heterocycles. The SMILES string of the molecule is CCc1ccccc1N1C[C@]23C=C[C@@H](O2)[C@H](C(=O)[O-])[C@@H]3C1=O. The molecule has 114 valence electrons. The minimum Gasteiger partial charge on any atom is -0.550 e. The Morgan fingerprint density at radius 2 is 2.23 bits per heavy atom. The second-order valence-electron chi connectivity index (χ2n) is 6.13. The van der Waals surface area contributed by atoms with E-state index in [1.807, 2.05) is 37.3 Å². The molecule has 0 aromatic heterocycles. The number of hydrogen-bond acceptors (Lipinski definition) is 4. The Balaban J connectivity index is 1.77. The first kappa shape index (κ1) is 13.5. The number of hydrogen-bond donors (Lipinski definition) is 0. The molecule has 0 aliphatic carbocycles. The number of para-hydroxylation sites is 1. The summed E-state index contributed by atoms with van der Waals surface area (Å²) in [6.07, 6.45) is 3.87. The highest BCUT2D eigenvalue weighted by Crippen LogP contribution is 2.52. The number of nitrogens with zero attached hydrogens (tertiary/aromatic N) is 1. The zero-order valence-electron chi connectivity index (χ0n) is 12.2. The van der Waals surface area contributed by atoms with Crippen molar-refractivity contribution >= 4 is 17.6 Å². The molecule has 0 saturated carbocycles. The van der Waals surface area contributed by atoms with Gasteiger partial charge < -0.3 is 19.5 Å². The first-order valence-corrected chi connectivity index (χ1v) is 7.55. The number of aliphatic carboxylic acids is 1. The van der Waals surface area contributed by atoms with E-state index < -0.39 is 29.5 Å². The standard InChI is InChI=1S/C17H17NO4/c1-2-10-5-3-4-6-11(10)18-9-17-8-7-12(22-17)13(16(20)21)14(17)15(18)19/h3-8,12-14H,2,9H2,1H3,(H,20,21)/p-1/t12-,13+,14-,17+/m1/s1. The molecule has 3 aliphatic rings. The Hall–Kier alpha value is -2.14. The monoisotopic (exact) mass is 298 g/mol. The number of amides is 1. The molecule has 5 nitrogen and oxygen atoms in total. The summed E-state index contributed by atoms with van der Waals surface area (Å²) >= 11 is 0. The number of carboxylic acids is 1. The zero-order valence-corrected chi connectivity index (χ0v) is 12.2. The van der Waals surface area contributed by atoms with Crippen molar-refractivity contribution in [1.82, 2.24) is 0 Å². The molecule has 1 amide bonds. The predicted molar refractivity (Wildman–Crippen MR) is 76.9 cm³/mol. The van der Waals surface area contributed by atoms with Crippen LogP contribution in [0.25, 0.3) is 0 Å². The van der Waals surface area contributed by atoms with Gasteiger partial charge in [-0.1, -0.05) is 37.3 Å². The van der Waals surface area contributed by atoms with E-state index in [2.05, 4.69) is 0 Å². The second-order valence-corrected chi connectivity index (χ2v) is 6.13. The summed E-state index contributed by atoms with van der Waals surface area (Å²) in [4.78, 5) is 26.0. The highest BCUT2D eigenvalue weighted by molar-refractivity contribution is 6.02. The molecule has 1 spiro atoms. The van der Waals surface area contributed by atoms with Gasteiger partial charge in [0.2, 0.25) is 5.91 Å². The third kappa shape index (κ3) is 1.57. The molecule has 0 unspecified atom stereocenters. The maximum absolute atomic E-state index is 12.9. The van der Waals surface area contributed by atoms with Gasteiger partial charge in [-0.15, -0.1) is 0 Å². The molecule has 5 heteroatoms. The Bertz CT molecular complexity index is 698. The minimum atomic E-state index is -1.21. The van der Waals surface area contributed by atoms with E-state index in [4.69, 9.17) is 4.74 Å². The van der Waals surface area contributed by atoms with Gasteiger partial charge in [-0.05, 0) is 18.1 Å². The minimum absolute atomic E-state index is 0.179. The van der Waals surface area contributed by atoms with Crippen LogP contribution < -0.4 is 10.0 Å². The lowest BCUT2D eigenvalue weighted by molar-refractivity contribution is -0.313. The van der Waals surface area contributed by atoms with Crippen LogP contribution in [0.3, 0.4) is 0 Å². The van der Waals surface area contributed by atoms with Crippen molar-refractivity contribution in [3.8, 4) is 0 Å². The van der Waals surface area contributed by atoms with E-state index in [-0.39, 0.29) is 5.91 Å². The number of aryl methyl sites for hydroxylation is 1. The van der Waals surface area contributed by atoms with Crippen molar-refractivity contribution in [3.05, 3.63) is 42.0 Å². The first-order valence-electron chi connectivity index (χ1n) is 7.55. The number of benzene rings is 1. The molecule has 0 radical (unpaired) electrons. The Labute approximate surface area is 128 Å². The molecule has 22 heavy (non-hydrogen) atoms. The Kier molecular flexibility index (Phi) is 2.72. The average molecular weight is 298 g/mol. The van der Waals surface area contributed by atoms with Crippen LogP contribution in [0.5, 0.6) is 0 Å². The molecule has 1 aromatic rings. The quantitative estimate of drug-likeness (QED) is 0.752. The number of rotatable bonds is 3. The van der Waals surface area contributed by atoms with Crippen molar-refractivity contribution < 1.29 is 19.4 Å². The molecule has 0 N–H and O–H groups in total. The molecule has 4 atom stereocenters. The third-order valence-corrected chi connectivity index (χ3v) is 5.04. The summed E-state index contributed by atoms with van der Waals surface area (Å²) in [5.41, 5.74) is 1.10. The summed E-state index contributed by atoms with van der Waals surface area (Å²) in [5.74, 6) is -2.96. The van der Waals surface area contributed by atoms with Crippen molar-refractivity contribution in [1.29, 1.82) is 0 Å². The molecule has 1 aromatic carbocycles. The topological polar surface area (TPSA) is 69.7 Å². The number of fused-ring (bicyclic) bond motifs is 1. The number of carboxylic acid groups (broad SMARTS) is 1. The maximum Gasteiger partial charge on any atom is 0.234 e. The van der Waals surface area contributed by atoms with Gasteiger partial charge in [0.25, 0.3) is 0 Å². The van der Waals surface area contributed by atoms with Crippen LogP contribution >= 0.6 is 0 Å². The fourth-order valence-corrected chi connectivity index (χ4v) is 4.04. The average Bonchev–Trinajstić information content (AvgIpc) is 3.15. The van der Waals surface area contributed by atoms with E-state index in [0.29, 0.717) is 6.54 Å². The molecule has 2 bridgehead atoms. The largest absolute Gasteiger partial charge is 0.550 e. The van der Waals surface area contributed by atoms with E-state index in [1.54, 1.807) is 11.0 Å². The van der Waals surface area contributed by atoms with Gasteiger partial charge in [0.05, 0.1) is 18.6 Å². The molecule has 3 aliphatic heterocycles. The maximum atomic E-state index is 12.9. The van der Waals surface area contributed by atoms with Crippen LogP contribution in [-0.4, -0.2) is 30.1 Å². The lowest BCUT2D eigenvalue weighted by atomic mass is 9.77. The highest BCUT2D eigenvalue weighted by atomic mass is 16.5. The van der Waals surface area contributed by atoms with Crippen molar-refractivity contribution in [2.75, 3.05) is 11.4 Å². The summed E-state index contributed by atoms with van der Waals surface area (Å²) in [6, 6.07) is 7.71. The molecule has 2 saturated heterocycles. The Morgan fingerprint density at radius 1 is 1.45 bits per heavy atom. The first-order chi connectivity index (χ1) is 10.6. The van der Waals surface area contributed by atoms with E-state index >= 15 is 0 Å². The zero-order chi connectivity index (χ0) is 15.5. The van der Waals surface area contributed by atoms with Crippen LogP contribution in [-0.2, 0) is 20.7 Å². The number of carbonyl (C=O) groups excluding carboxylic acids is 2. The van der Waals surface area contributed by atoms with Crippen molar-refractivity contribution in [3.63, 3.8) is 0 Å². The van der Waals surface area contributed by atoms with Gasteiger partial charge >= 0.3 is 0 Å². The normalized spacial score (nSPS) is 35.2. The van der Waals surface area contributed by atoms with Crippen molar-refractivity contribution in [2.45, 2.75) is 25.0 Å². The van der Waals surface area contributed by atoms with Gasteiger partial charge in [-0.2, -0.15) is 0 Å². The predicted octanol–water partition coefficient (Wildman–Crippen LogP) is 0.285. The number of anilines is 1. The van der Waals surface area contributed by atoms with Crippen molar-refractivity contribution in [2.24, 2.45) is 11.8 Å². The van der Waals surface area contributed by atoms with Crippen LogP contribution in [0.1, 0.15) is 12.5 Å². The fraction of sp³-hybridized carbons (Fsp3) is 0.412. The summed E-state index contributed by atoms with van der Waals surface area (Å²) in [7, 11) is 0. The van der Waals surface area contributed by atoms with Crippen LogP contribution in [0.4, 0.5) is 5.69 Å². The lowest BCUT2D eigenvalue weighted by Gasteiger charge is -2.24. The van der Waals surface area contributed by atoms with E-state index in [0.717, 1.165) is 17.7 Å². The molecule has 2 fully saturated rings. The summed E-state index contributed by atoms with van der Waals surface area (Å²) in [5, 5.41) is 11.4. The number of ether oxygens (including phenoxy) is 1. The second kappa shape index (κ2) is 4.43. The smallest absolute Gasteiger partial charge is 0.234 e. The third-order valence-electron chi connectivity index (χ3n) is 5.04. The highest BCUT2D eigenvalue weighted by Gasteiger charge is 2.65. The number of carbonyl (C=O) groups is 2. The van der Waals surface area contributed by atoms with Crippen LogP contribution in [0.2, 0.25) is 0 Å². The van der Waals surface area contributed by atoms with Crippen LogP contribution in [0.15, 0.2) is 36.4 Å². The van der Waals surface area contributed by atoms with Gasteiger partial charge in [0.1, 0.15) is 5.60 Å². The van der Waals surface area contributed by atoms with E-state index in [1.165, 1.54) is 0 Å². The van der Waals surface area contributed by atoms with Gasteiger partial charge in [0, 0.05) is 17.6 Å². The fourth-order valence-electron chi connectivity index (χ4n) is 4.04. The van der Waals surface area contributed by atoms with E-state index in [9.17, 15) is 14.7 Å². The molecular weight excluding hydrogens is 282 g/mol. The lowest BCUT2D eigenvalue weighted by Crippen LogP contribution is -2.45. The summed E-state index contributed by atoms with van der Waals surface area (Å²) < 4.78 is 5.86. The van der Waals surface area contributed by atoms with Crippen LogP contribution in [0, 0.1) is 11.8 Å². The Morgan fingerprint density at radius 3 is 2.95 bits per heavy atom.